The van der Waals surface area contributed by atoms with Crippen LogP contribution in [0.25, 0.3) is 5.82 Å². The van der Waals surface area contributed by atoms with Crippen molar-refractivity contribution >= 4 is 23.2 Å². The van der Waals surface area contributed by atoms with Gasteiger partial charge in [-0.3, -0.25) is 14.7 Å². The van der Waals surface area contributed by atoms with Crippen LogP contribution in [0.5, 0.6) is 0 Å². The second-order valence-electron chi connectivity index (χ2n) is 9.47. The third kappa shape index (κ3) is 5.07. The highest BCUT2D eigenvalue weighted by Gasteiger charge is 2.40. The summed E-state index contributed by atoms with van der Waals surface area (Å²) >= 11 is 5.78. The van der Waals surface area contributed by atoms with Crippen LogP contribution in [-0.4, -0.2) is 62.9 Å². The number of halogens is 2. The molecule has 0 atom stereocenters. The van der Waals surface area contributed by atoms with Gasteiger partial charge in [-0.25, -0.2) is 14.1 Å². The molecule has 2 fully saturated rings. The molecule has 37 heavy (non-hydrogen) atoms. The molecule has 4 heterocycles. The van der Waals surface area contributed by atoms with Crippen molar-refractivity contribution in [3.63, 3.8) is 0 Å². The fourth-order valence-electron chi connectivity index (χ4n) is 5.19. The maximum absolute atomic E-state index is 14.3. The topological polar surface area (TPSA) is 109 Å². The van der Waals surface area contributed by atoms with E-state index in [4.69, 9.17) is 16.3 Å². The summed E-state index contributed by atoms with van der Waals surface area (Å²) in [4.78, 5) is 23.9. The molecule has 1 amide bonds. The van der Waals surface area contributed by atoms with Crippen molar-refractivity contribution in [1.82, 2.24) is 24.6 Å². The van der Waals surface area contributed by atoms with Crippen molar-refractivity contribution in [3.8, 4) is 11.9 Å². The quantitative estimate of drug-likeness (QED) is 0.537. The summed E-state index contributed by atoms with van der Waals surface area (Å²) in [5.74, 6) is -1.10. The number of nitrogens with zero attached hydrogens (tertiary/aromatic N) is 6. The Morgan fingerprint density at radius 1 is 1.22 bits per heavy atom. The molecule has 1 aliphatic heterocycles. The SMILES string of the molecule is Cc1c(C(=O)Nc2ccc([C@]3(C#N)CC[C@@H](N4CCOCC4)CC3)nc2)cnn1-c1ncc(Cl)cc1F. The second-order valence-corrected chi connectivity index (χ2v) is 9.91. The lowest BCUT2D eigenvalue weighted by Crippen LogP contribution is -2.47. The lowest BCUT2D eigenvalue weighted by atomic mass is 9.71. The normalized spacial score (nSPS) is 22.4. The van der Waals surface area contributed by atoms with E-state index in [0.717, 1.165) is 63.7 Å². The van der Waals surface area contributed by atoms with Gasteiger partial charge in [-0.15, -0.1) is 0 Å². The second kappa shape index (κ2) is 10.5. The molecule has 0 bridgehead atoms. The molecule has 9 nitrogen and oxygen atoms in total. The molecule has 0 spiro atoms. The van der Waals surface area contributed by atoms with E-state index in [1.165, 1.54) is 17.1 Å². The highest BCUT2D eigenvalue weighted by molar-refractivity contribution is 6.30. The number of rotatable bonds is 5. The Hall–Kier alpha value is -3.39. The monoisotopic (exact) mass is 523 g/mol. The summed E-state index contributed by atoms with van der Waals surface area (Å²) in [6, 6.07) is 7.72. The van der Waals surface area contributed by atoms with Crippen LogP contribution >= 0.6 is 11.6 Å². The predicted octanol–water partition coefficient (Wildman–Crippen LogP) is 4.05. The van der Waals surface area contributed by atoms with Gasteiger partial charge in [0.2, 0.25) is 0 Å². The number of hydrogen-bond acceptors (Lipinski definition) is 7. The van der Waals surface area contributed by atoms with Crippen LogP contribution in [-0.2, 0) is 10.2 Å². The van der Waals surface area contributed by atoms with Crippen LogP contribution < -0.4 is 5.32 Å². The number of nitrogens with one attached hydrogen (secondary N) is 1. The molecule has 1 saturated carbocycles. The minimum Gasteiger partial charge on any atom is -0.379 e. The lowest BCUT2D eigenvalue weighted by molar-refractivity contribution is 0.00493. The van der Waals surface area contributed by atoms with Gasteiger partial charge in [-0.1, -0.05) is 11.6 Å². The zero-order valence-electron chi connectivity index (χ0n) is 20.5. The van der Waals surface area contributed by atoms with Crippen LogP contribution in [0.2, 0.25) is 5.02 Å². The number of nitriles is 1. The number of anilines is 1. The highest BCUT2D eigenvalue weighted by Crippen LogP contribution is 2.40. The Labute approximate surface area is 219 Å². The molecule has 0 unspecified atom stereocenters. The van der Waals surface area contributed by atoms with E-state index >= 15 is 0 Å². The third-order valence-corrected chi connectivity index (χ3v) is 7.55. The maximum atomic E-state index is 14.3. The number of morpholine rings is 1. The van der Waals surface area contributed by atoms with Crippen LogP contribution in [0.1, 0.15) is 47.4 Å². The summed E-state index contributed by atoms with van der Waals surface area (Å²) < 4.78 is 21.0. The predicted molar refractivity (Wildman–Crippen MR) is 135 cm³/mol. The number of ether oxygens (including phenoxy) is 1. The Balaban J connectivity index is 1.26. The van der Waals surface area contributed by atoms with Gasteiger partial charge in [0, 0.05) is 25.3 Å². The molecule has 1 aliphatic carbocycles. The summed E-state index contributed by atoms with van der Waals surface area (Å²) in [6.45, 7) is 5.08. The van der Waals surface area contributed by atoms with Gasteiger partial charge in [0.1, 0.15) is 0 Å². The van der Waals surface area contributed by atoms with E-state index in [1.54, 1.807) is 19.2 Å². The van der Waals surface area contributed by atoms with Gasteiger partial charge >= 0.3 is 0 Å². The van der Waals surface area contributed by atoms with Crippen molar-refractivity contribution in [3.05, 3.63) is 64.6 Å². The van der Waals surface area contributed by atoms with Gasteiger partial charge in [0.25, 0.3) is 5.91 Å². The number of hydrogen-bond donors (Lipinski definition) is 1. The van der Waals surface area contributed by atoms with Crippen molar-refractivity contribution < 1.29 is 13.9 Å². The van der Waals surface area contributed by atoms with Crippen LogP contribution in [0, 0.1) is 24.1 Å². The van der Waals surface area contributed by atoms with Gasteiger partial charge in [0.15, 0.2) is 11.6 Å². The smallest absolute Gasteiger partial charge is 0.259 e. The zero-order chi connectivity index (χ0) is 26.0. The van der Waals surface area contributed by atoms with Crippen LogP contribution in [0.3, 0.4) is 0 Å². The number of aromatic nitrogens is 4. The Morgan fingerprint density at radius 2 is 1.97 bits per heavy atom. The summed E-state index contributed by atoms with van der Waals surface area (Å²) in [7, 11) is 0. The molecule has 192 valence electrons. The summed E-state index contributed by atoms with van der Waals surface area (Å²) in [5.41, 5.74) is 1.29. The third-order valence-electron chi connectivity index (χ3n) is 7.34. The van der Waals surface area contributed by atoms with Crippen molar-refractivity contribution in [2.75, 3.05) is 31.6 Å². The average molecular weight is 524 g/mol. The molecular weight excluding hydrogens is 497 g/mol. The fraction of sp³-hybridized carbons (Fsp3) is 0.423. The molecule has 0 aromatic carbocycles. The number of amides is 1. The van der Waals surface area contributed by atoms with Crippen molar-refractivity contribution in [2.45, 2.75) is 44.1 Å². The molecule has 5 rings (SSSR count). The van der Waals surface area contributed by atoms with E-state index < -0.39 is 17.1 Å². The van der Waals surface area contributed by atoms with Crippen LogP contribution in [0.4, 0.5) is 10.1 Å². The zero-order valence-corrected chi connectivity index (χ0v) is 21.2. The Bertz CT molecular complexity index is 1320. The molecule has 11 heteroatoms. The molecule has 0 radical (unpaired) electrons. The first-order valence-corrected chi connectivity index (χ1v) is 12.6. The van der Waals surface area contributed by atoms with E-state index in [2.05, 4.69) is 31.4 Å². The molecule has 2 aliphatic rings. The molecule has 1 N–H and O–H groups in total. The van der Waals surface area contributed by atoms with E-state index in [0.29, 0.717) is 17.4 Å². The number of carbonyl (C=O) groups is 1. The largest absolute Gasteiger partial charge is 0.379 e. The van der Waals surface area contributed by atoms with Gasteiger partial charge < -0.3 is 10.1 Å². The molecule has 1 saturated heterocycles. The minimum absolute atomic E-state index is 0.0443. The van der Waals surface area contributed by atoms with Crippen molar-refractivity contribution in [2.24, 2.45) is 0 Å². The van der Waals surface area contributed by atoms with Crippen molar-refractivity contribution in [1.29, 1.82) is 5.26 Å². The standard InChI is InChI=1S/C26H27ClFN7O2/c1-17-21(15-32-35(17)24-22(28)12-18(27)13-31-24)25(36)33-19-2-3-23(30-14-19)26(16-29)6-4-20(5-7-26)34-8-10-37-11-9-34/h2-3,12-15,20H,4-11H2,1H3,(H,33,36)/t20-,26-. The van der Waals surface area contributed by atoms with E-state index in [-0.39, 0.29) is 16.4 Å². The van der Waals surface area contributed by atoms with Gasteiger partial charge in [-0.05, 0) is 50.8 Å². The molecular formula is C26H27ClFN7O2. The van der Waals surface area contributed by atoms with E-state index in [1.807, 2.05) is 6.07 Å². The molecule has 3 aromatic heterocycles. The van der Waals surface area contributed by atoms with E-state index in [9.17, 15) is 14.4 Å². The maximum Gasteiger partial charge on any atom is 0.259 e. The average Bonchev–Trinajstić information content (AvgIpc) is 3.30. The van der Waals surface area contributed by atoms with Crippen LogP contribution in [0.15, 0.2) is 36.8 Å². The number of pyridine rings is 2. The fourth-order valence-corrected chi connectivity index (χ4v) is 5.33. The Morgan fingerprint density at radius 3 is 2.62 bits per heavy atom. The Kier molecular flexibility index (Phi) is 7.20. The summed E-state index contributed by atoms with van der Waals surface area (Å²) in [6.07, 6.45) is 7.63. The first-order chi connectivity index (χ1) is 17.9. The summed E-state index contributed by atoms with van der Waals surface area (Å²) in [5, 5.41) is 17.2. The van der Waals surface area contributed by atoms with Gasteiger partial charge in [0.05, 0.1) is 64.8 Å². The highest BCUT2D eigenvalue weighted by atomic mass is 35.5. The number of carbonyl (C=O) groups excluding carboxylic acids is 1. The molecule has 3 aromatic rings. The van der Waals surface area contributed by atoms with Gasteiger partial charge in [-0.2, -0.15) is 10.4 Å². The first kappa shape index (κ1) is 25.3. The first-order valence-electron chi connectivity index (χ1n) is 12.3. The lowest BCUT2D eigenvalue weighted by Gasteiger charge is -2.41. The minimum atomic E-state index is -0.643.